The number of phosphoric acid groups is 2. The van der Waals surface area contributed by atoms with E-state index < -0.39 is 15.6 Å². The van der Waals surface area contributed by atoms with E-state index in [0.717, 1.165) is 0 Å². The molecule has 0 rings (SSSR count). The zero-order valence-corrected chi connectivity index (χ0v) is 12.0. The molecule has 0 aliphatic rings. The fourth-order valence-electron chi connectivity index (χ4n) is 0. The van der Waals surface area contributed by atoms with Crippen molar-refractivity contribution in [3.63, 3.8) is 0 Å². The summed E-state index contributed by atoms with van der Waals surface area (Å²) in [6.45, 7) is 0. The SMILES string of the molecule is O=P([O-])([O-])[O-].O=P([O-])([O-])[O-].[Ce+3].[Co+2].[Li+]. The van der Waals surface area contributed by atoms with Crippen LogP contribution in [0.2, 0.25) is 0 Å². The first-order valence-electron chi connectivity index (χ1n) is 1.46. The van der Waals surface area contributed by atoms with E-state index in [0.29, 0.717) is 0 Å². The summed E-state index contributed by atoms with van der Waals surface area (Å²) < 4.78 is 17.1. The predicted molar refractivity (Wildman–Crippen MR) is 15.2 cm³/mol. The molecule has 72 valence electrons. The third kappa shape index (κ3) is 325. The monoisotopic (exact) mass is 396 g/mol. The van der Waals surface area contributed by atoms with Crippen LogP contribution in [0, 0.1) is 41.7 Å². The van der Waals surface area contributed by atoms with E-state index in [1.165, 1.54) is 0 Å². The van der Waals surface area contributed by atoms with Crippen LogP contribution in [0.5, 0.6) is 0 Å². The van der Waals surface area contributed by atoms with Crippen molar-refractivity contribution in [2.75, 3.05) is 0 Å². The first-order chi connectivity index (χ1) is 4.00. The molecule has 0 fully saturated rings. The quantitative estimate of drug-likeness (QED) is 0.287. The van der Waals surface area contributed by atoms with Gasteiger partial charge in [0.15, 0.2) is 0 Å². The van der Waals surface area contributed by atoms with Gasteiger partial charge in [0.2, 0.25) is 0 Å². The van der Waals surface area contributed by atoms with Crippen molar-refractivity contribution in [3.8, 4) is 0 Å². The van der Waals surface area contributed by atoms with Gasteiger partial charge in [-0.1, -0.05) is 0 Å². The standard InChI is InChI=1S/Ce.Co.Li.2H3O4P/c;;;2*1-5(2,3)4/h;;;2*(H3,1,2,3,4)/q+3;+2;+1;;/p-6. The first-order valence-corrected chi connectivity index (χ1v) is 4.38. The van der Waals surface area contributed by atoms with Gasteiger partial charge in [-0.05, 0) is 0 Å². The Morgan fingerprint density at radius 1 is 0.692 bits per heavy atom. The van der Waals surface area contributed by atoms with Crippen molar-refractivity contribution in [3.05, 3.63) is 0 Å². The van der Waals surface area contributed by atoms with Gasteiger partial charge in [0, 0.05) is 0 Å². The minimum atomic E-state index is -5.39. The molecule has 0 saturated carbocycles. The van der Waals surface area contributed by atoms with E-state index in [-0.39, 0.29) is 77.4 Å². The Kier molecular flexibility index (Phi) is 29.1. The molecule has 13 heavy (non-hydrogen) atoms. The summed E-state index contributed by atoms with van der Waals surface area (Å²) in [5.74, 6) is 0. The molecule has 0 spiro atoms. The fourth-order valence-corrected chi connectivity index (χ4v) is 0. The molecule has 0 bridgehead atoms. The summed E-state index contributed by atoms with van der Waals surface area (Å²) in [4.78, 5) is 51.3. The second-order valence-electron chi connectivity index (χ2n) is 0.894. The van der Waals surface area contributed by atoms with E-state index in [1.54, 1.807) is 0 Å². The molecular formula is CeCoLiO8P2. The molecule has 0 heterocycles. The number of hydrogen-bond donors (Lipinski definition) is 0. The van der Waals surface area contributed by atoms with Gasteiger partial charge in [0.25, 0.3) is 0 Å². The number of hydrogen-bond acceptors (Lipinski definition) is 8. The minimum Gasteiger partial charge on any atom is -0.822 e. The van der Waals surface area contributed by atoms with Gasteiger partial charge in [0.1, 0.15) is 0 Å². The minimum absolute atomic E-state index is 0. The zero-order valence-electron chi connectivity index (χ0n) is 5.99. The summed E-state index contributed by atoms with van der Waals surface area (Å²) in [5, 5.41) is 0. The van der Waals surface area contributed by atoms with Crippen LogP contribution in [0.25, 0.3) is 0 Å². The summed E-state index contributed by atoms with van der Waals surface area (Å²) in [7, 11) is -10.8. The molecule has 0 atom stereocenters. The molecule has 8 nitrogen and oxygen atoms in total. The second kappa shape index (κ2) is 12.8. The molecule has 0 unspecified atom stereocenters. The van der Waals surface area contributed by atoms with E-state index in [4.69, 9.17) is 38.5 Å². The van der Waals surface area contributed by atoms with Crippen molar-refractivity contribution < 1.29 is 116 Å². The van der Waals surface area contributed by atoms with Gasteiger partial charge in [-0.3, -0.25) is 0 Å². The van der Waals surface area contributed by atoms with Gasteiger partial charge < -0.3 is 38.5 Å². The van der Waals surface area contributed by atoms with Crippen LogP contribution in [0.1, 0.15) is 0 Å². The van der Waals surface area contributed by atoms with E-state index in [9.17, 15) is 0 Å². The van der Waals surface area contributed by atoms with Gasteiger partial charge in [-0.25, -0.2) is 0 Å². The summed E-state index contributed by atoms with van der Waals surface area (Å²) >= 11 is 0. The second-order valence-corrected chi connectivity index (χ2v) is 2.68. The molecule has 0 N–H and O–H groups in total. The summed E-state index contributed by atoms with van der Waals surface area (Å²) in [6, 6.07) is 0. The van der Waals surface area contributed by atoms with Crippen LogP contribution in [0.15, 0.2) is 0 Å². The molecule has 0 aromatic carbocycles. The van der Waals surface area contributed by atoms with Crippen LogP contribution in [0.4, 0.5) is 0 Å². The van der Waals surface area contributed by atoms with E-state index in [2.05, 4.69) is 0 Å². The summed E-state index contributed by atoms with van der Waals surface area (Å²) in [5.41, 5.74) is 0. The van der Waals surface area contributed by atoms with Gasteiger partial charge in [0.05, 0.1) is 0 Å². The number of rotatable bonds is 0. The molecule has 13 heteroatoms. The van der Waals surface area contributed by atoms with E-state index in [1.807, 2.05) is 0 Å². The maximum absolute atomic E-state index is 8.55. The normalized spacial score (nSPS) is 9.08. The topological polar surface area (TPSA) is 172 Å². The third-order valence-electron chi connectivity index (χ3n) is 0. The fraction of sp³-hybridized carbons (Fsp3) is 0. The Balaban J connectivity index is -0.0000000267. The smallest absolute Gasteiger partial charge is 0.822 e. The largest absolute Gasteiger partial charge is 3.00 e. The molecule has 0 saturated heterocycles. The van der Waals surface area contributed by atoms with Crippen molar-refractivity contribution in [2.24, 2.45) is 0 Å². The first kappa shape index (κ1) is 29.6. The Bertz CT molecular complexity index is 134. The zero-order chi connectivity index (χ0) is 9.00. The molecule has 0 amide bonds. The average Bonchev–Trinajstić information content (AvgIpc) is 1.12. The molecule has 2 radical (unpaired) electrons. The van der Waals surface area contributed by atoms with Crippen LogP contribution < -0.4 is 48.2 Å². The average molecular weight is 396 g/mol. The van der Waals surface area contributed by atoms with Crippen molar-refractivity contribution in [1.29, 1.82) is 0 Å². The predicted octanol–water partition coefficient (Wildman–Crippen LogP) is -8.65. The van der Waals surface area contributed by atoms with Crippen LogP contribution in [-0.2, 0) is 25.9 Å². The molecule has 0 aromatic heterocycles. The Labute approximate surface area is 130 Å². The van der Waals surface area contributed by atoms with Crippen LogP contribution >= 0.6 is 15.6 Å². The molecule has 0 aliphatic carbocycles. The van der Waals surface area contributed by atoms with Crippen molar-refractivity contribution in [2.45, 2.75) is 0 Å². The van der Waals surface area contributed by atoms with Crippen LogP contribution in [-0.4, -0.2) is 0 Å². The Morgan fingerprint density at radius 2 is 0.692 bits per heavy atom. The van der Waals surface area contributed by atoms with Gasteiger partial charge in [-0.2, -0.15) is 15.6 Å². The molecule has 0 aliphatic heterocycles. The van der Waals surface area contributed by atoms with E-state index >= 15 is 0 Å². The summed E-state index contributed by atoms with van der Waals surface area (Å²) in [6.07, 6.45) is 0. The molecular weight excluding hydrogens is 396 g/mol. The van der Waals surface area contributed by atoms with Crippen molar-refractivity contribution >= 4 is 15.6 Å². The maximum atomic E-state index is 8.55. The van der Waals surface area contributed by atoms with Crippen LogP contribution in [0.3, 0.4) is 0 Å². The van der Waals surface area contributed by atoms with Gasteiger partial charge >= 0.3 is 77.4 Å². The Morgan fingerprint density at radius 3 is 0.692 bits per heavy atom. The van der Waals surface area contributed by atoms with Gasteiger partial charge in [-0.15, -0.1) is 0 Å². The van der Waals surface area contributed by atoms with Crippen molar-refractivity contribution in [1.82, 2.24) is 0 Å². The molecule has 0 aromatic rings. The maximum Gasteiger partial charge on any atom is 3.00 e. The third-order valence-corrected chi connectivity index (χ3v) is 0. The Hall–Kier alpha value is 2.70.